The summed E-state index contributed by atoms with van der Waals surface area (Å²) in [5.41, 5.74) is -0.682. The van der Waals surface area contributed by atoms with Crippen molar-refractivity contribution < 1.29 is 23.1 Å². The zero-order valence-electron chi connectivity index (χ0n) is 9.29. The van der Waals surface area contributed by atoms with Crippen LogP contribution in [0.3, 0.4) is 0 Å². The predicted octanol–water partition coefficient (Wildman–Crippen LogP) is 3.67. The van der Waals surface area contributed by atoms with Crippen LogP contribution in [0.15, 0.2) is 24.3 Å². The summed E-state index contributed by atoms with van der Waals surface area (Å²) in [6.07, 6.45) is -4.37. The number of rotatable bonds is 4. The van der Waals surface area contributed by atoms with Gasteiger partial charge in [-0.25, -0.2) is 0 Å². The van der Waals surface area contributed by atoms with Gasteiger partial charge in [-0.2, -0.15) is 13.2 Å². The van der Waals surface area contributed by atoms with E-state index in [1.54, 1.807) is 6.92 Å². The molecular formula is C12H13F3O2. The largest absolute Gasteiger partial charge is 0.481 e. The van der Waals surface area contributed by atoms with Crippen LogP contribution in [-0.4, -0.2) is 11.1 Å². The molecule has 0 heterocycles. The van der Waals surface area contributed by atoms with Crippen LogP contribution >= 0.6 is 0 Å². The highest BCUT2D eigenvalue weighted by Crippen LogP contribution is 2.37. The molecule has 0 bridgehead atoms. The molecule has 0 saturated heterocycles. The Kier molecular flexibility index (Phi) is 4.15. The number of hydrogen-bond donors (Lipinski definition) is 1. The molecule has 0 radical (unpaired) electrons. The fourth-order valence-electron chi connectivity index (χ4n) is 1.80. The van der Waals surface area contributed by atoms with E-state index in [9.17, 15) is 18.0 Å². The van der Waals surface area contributed by atoms with Crippen LogP contribution < -0.4 is 0 Å². The monoisotopic (exact) mass is 246 g/mol. The number of benzene rings is 1. The fraction of sp³-hybridized carbons (Fsp3) is 0.417. The van der Waals surface area contributed by atoms with Crippen LogP contribution in [0.2, 0.25) is 0 Å². The third-order valence-corrected chi connectivity index (χ3v) is 2.62. The molecular weight excluding hydrogens is 233 g/mol. The highest BCUT2D eigenvalue weighted by molar-refractivity contribution is 5.68. The summed E-state index contributed by atoms with van der Waals surface area (Å²) in [6, 6.07) is 5.13. The van der Waals surface area contributed by atoms with Gasteiger partial charge in [-0.1, -0.05) is 25.1 Å². The first-order valence-corrected chi connectivity index (χ1v) is 5.24. The third kappa shape index (κ3) is 3.47. The normalized spacial score (nSPS) is 13.4. The van der Waals surface area contributed by atoms with Crippen molar-refractivity contribution in [2.24, 2.45) is 0 Å². The molecule has 0 spiro atoms. The Hall–Kier alpha value is -1.52. The first kappa shape index (κ1) is 13.5. The minimum atomic E-state index is -4.44. The number of carboxylic acid groups (broad SMARTS) is 1. The lowest BCUT2D eigenvalue weighted by Crippen LogP contribution is -2.14. The average molecular weight is 246 g/mol. The molecule has 1 aromatic rings. The number of alkyl halides is 3. The SMILES string of the molecule is CCC(CC(=O)O)c1ccccc1C(F)(F)F. The van der Waals surface area contributed by atoms with Crippen molar-refractivity contribution in [1.29, 1.82) is 0 Å². The van der Waals surface area contributed by atoms with Gasteiger partial charge in [0.15, 0.2) is 0 Å². The summed E-state index contributed by atoms with van der Waals surface area (Å²) in [5.74, 6) is -1.70. The topological polar surface area (TPSA) is 37.3 Å². The second-order valence-corrected chi connectivity index (χ2v) is 3.79. The van der Waals surface area contributed by atoms with E-state index in [0.29, 0.717) is 6.42 Å². The maximum atomic E-state index is 12.7. The molecule has 0 fully saturated rings. The summed E-state index contributed by atoms with van der Waals surface area (Å²) in [5, 5.41) is 8.69. The van der Waals surface area contributed by atoms with Crippen LogP contribution in [0, 0.1) is 0 Å². The highest BCUT2D eigenvalue weighted by Gasteiger charge is 2.34. The van der Waals surface area contributed by atoms with Crippen molar-refractivity contribution in [3.63, 3.8) is 0 Å². The van der Waals surface area contributed by atoms with E-state index < -0.39 is 23.6 Å². The van der Waals surface area contributed by atoms with Crippen molar-refractivity contribution in [2.75, 3.05) is 0 Å². The van der Waals surface area contributed by atoms with Crippen molar-refractivity contribution in [3.8, 4) is 0 Å². The van der Waals surface area contributed by atoms with E-state index in [0.717, 1.165) is 6.07 Å². The van der Waals surface area contributed by atoms with Gasteiger partial charge in [0.05, 0.1) is 12.0 Å². The molecule has 0 aliphatic rings. The molecule has 1 rings (SSSR count). The lowest BCUT2D eigenvalue weighted by Gasteiger charge is -2.18. The quantitative estimate of drug-likeness (QED) is 0.880. The van der Waals surface area contributed by atoms with Gasteiger partial charge in [0.1, 0.15) is 0 Å². The van der Waals surface area contributed by atoms with Gasteiger partial charge in [-0.05, 0) is 24.0 Å². The first-order valence-electron chi connectivity index (χ1n) is 5.24. The maximum absolute atomic E-state index is 12.7. The Morgan fingerprint density at radius 1 is 1.35 bits per heavy atom. The van der Waals surface area contributed by atoms with Gasteiger partial charge in [-0.3, -0.25) is 4.79 Å². The minimum Gasteiger partial charge on any atom is -0.481 e. The molecule has 0 aromatic heterocycles. The second-order valence-electron chi connectivity index (χ2n) is 3.79. The van der Waals surface area contributed by atoms with Gasteiger partial charge in [0.2, 0.25) is 0 Å². The molecule has 0 amide bonds. The van der Waals surface area contributed by atoms with Crippen LogP contribution in [-0.2, 0) is 11.0 Å². The van der Waals surface area contributed by atoms with Gasteiger partial charge in [0.25, 0.3) is 0 Å². The lowest BCUT2D eigenvalue weighted by atomic mass is 9.89. The molecule has 1 atom stereocenters. The lowest BCUT2D eigenvalue weighted by molar-refractivity contribution is -0.140. The zero-order chi connectivity index (χ0) is 13.1. The van der Waals surface area contributed by atoms with E-state index in [1.807, 2.05) is 0 Å². The van der Waals surface area contributed by atoms with Crippen LogP contribution in [0.5, 0.6) is 0 Å². The average Bonchev–Trinajstić information content (AvgIpc) is 2.24. The Labute approximate surface area is 97.1 Å². The summed E-state index contributed by atoms with van der Waals surface area (Å²) < 4.78 is 38.2. The minimum absolute atomic E-state index is 0.0601. The van der Waals surface area contributed by atoms with Crippen LogP contribution in [0.4, 0.5) is 13.2 Å². The smallest absolute Gasteiger partial charge is 0.416 e. The predicted molar refractivity (Wildman–Crippen MR) is 56.7 cm³/mol. The molecule has 1 unspecified atom stereocenters. The summed E-state index contributed by atoms with van der Waals surface area (Å²) in [7, 11) is 0. The number of carbonyl (C=O) groups is 1. The van der Waals surface area contributed by atoms with Crippen LogP contribution in [0.1, 0.15) is 36.8 Å². The van der Waals surface area contributed by atoms with Crippen molar-refractivity contribution in [2.45, 2.75) is 31.9 Å². The second kappa shape index (κ2) is 5.21. The molecule has 94 valence electrons. The van der Waals surface area contributed by atoms with E-state index >= 15 is 0 Å². The molecule has 5 heteroatoms. The molecule has 17 heavy (non-hydrogen) atoms. The first-order chi connectivity index (χ1) is 7.86. The Bertz CT molecular complexity index is 399. The van der Waals surface area contributed by atoms with Crippen molar-refractivity contribution in [3.05, 3.63) is 35.4 Å². The van der Waals surface area contributed by atoms with Gasteiger partial charge >= 0.3 is 12.1 Å². The van der Waals surface area contributed by atoms with Crippen molar-refractivity contribution >= 4 is 5.97 Å². The molecule has 2 nitrogen and oxygen atoms in total. The summed E-state index contributed by atoms with van der Waals surface area (Å²) in [6.45, 7) is 1.68. The molecule has 0 aliphatic heterocycles. The Morgan fingerprint density at radius 3 is 2.41 bits per heavy atom. The fourth-order valence-corrected chi connectivity index (χ4v) is 1.80. The van der Waals surface area contributed by atoms with Crippen LogP contribution in [0.25, 0.3) is 0 Å². The number of carboxylic acids is 1. The third-order valence-electron chi connectivity index (χ3n) is 2.62. The standard InChI is InChI=1S/C12H13F3O2/c1-2-8(7-11(16)17)9-5-3-4-6-10(9)12(13,14)15/h3-6,8H,2,7H2,1H3,(H,16,17). The molecule has 1 aromatic carbocycles. The highest BCUT2D eigenvalue weighted by atomic mass is 19.4. The zero-order valence-corrected chi connectivity index (χ0v) is 9.29. The van der Waals surface area contributed by atoms with Crippen molar-refractivity contribution in [1.82, 2.24) is 0 Å². The number of halogens is 3. The molecule has 0 aliphatic carbocycles. The van der Waals surface area contributed by atoms with E-state index in [4.69, 9.17) is 5.11 Å². The Balaban J connectivity index is 3.15. The maximum Gasteiger partial charge on any atom is 0.416 e. The van der Waals surface area contributed by atoms with Gasteiger partial charge < -0.3 is 5.11 Å². The number of aliphatic carboxylic acids is 1. The molecule has 0 saturated carbocycles. The van der Waals surface area contributed by atoms with Gasteiger partial charge in [0, 0.05) is 0 Å². The number of hydrogen-bond acceptors (Lipinski definition) is 1. The van der Waals surface area contributed by atoms with E-state index in [-0.39, 0.29) is 12.0 Å². The van der Waals surface area contributed by atoms with E-state index in [1.165, 1.54) is 18.2 Å². The van der Waals surface area contributed by atoms with E-state index in [2.05, 4.69) is 0 Å². The summed E-state index contributed by atoms with van der Waals surface area (Å²) in [4.78, 5) is 10.6. The summed E-state index contributed by atoms with van der Waals surface area (Å²) >= 11 is 0. The van der Waals surface area contributed by atoms with Gasteiger partial charge in [-0.15, -0.1) is 0 Å². The molecule has 1 N–H and O–H groups in total. The Morgan fingerprint density at radius 2 is 1.94 bits per heavy atom.